The summed E-state index contributed by atoms with van der Waals surface area (Å²) in [4.78, 5) is 12.3. The number of benzene rings is 1. The molecule has 2 rings (SSSR count). The molecule has 1 amide bonds. The Morgan fingerprint density at radius 1 is 1.30 bits per heavy atom. The highest BCUT2D eigenvalue weighted by molar-refractivity contribution is 6.06. The Morgan fingerprint density at radius 2 is 1.95 bits per heavy atom. The van der Waals surface area contributed by atoms with Crippen molar-refractivity contribution in [2.24, 2.45) is 7.05 Å². The molecule has 0 aliphatic heterocycles. The van der Waals surface area contributed by atoms with E-state index in [1.807, 2.05) is 24.3 Å². The van der Waals surface area contributed by atoms with E-state index in [0.29, 0.717) is 11.4 Å². The molecule has 3 N–H and O–H groups in total. The molecule has 0 atom stereocenters. The highest BCUT2D eigenvalue weighted by Gasteiger charge is 2.21. The van der Waals surface area contributed by atoms with Crippen LogP contribution in [0.3, 0.4) is 0 Å². The number of aromatic nitrogens is 2. The zero-order chi connectivity index (χ0) is 14.9. The van der Waals surface area contributed by atoms with E-state index in [1.165, 1.54) is 10.9 Å². The first-order chi connectivity index (χ1) is 9.30. The number of nitrogen functional groups attached to an aromatic ring is 1. The summed E-state index contributed by atoms with van der Waals surface area (Å²) in [6.45, 7) is 6.32. The molecule has 0 saturated heterocycles. The van der Waals surface area contributed by atoms with Gasteiger partial charge in [-0.25, -0.2) is 0 Å². The number of anilines is 2. The summed E-state index contributed by atoms with van der Waals surface area (Å²) in [6.07, 6.45) is 1.48. The Labute approximate surface area is 118 Å². The molecular weight excluding hydrogens is 252 g/mol. The van der Waals surface area contributed by atoms with Gasteiger partial charge in [-0.3, -0.25) is 9.48 Å². The first-order valence-electron chi connectivity index (χ1n) is 6.49. The van der Waals surface area contributed by atoms with Crippen molar-refractivity contribution >= 4 is 17.3 Å². The minimum atomic E-state index is -0.251. The number of aryl methyl sites for hydroxylation is 1. The highest BCUT2D eigenvalue weighted by Crippen LogP contribution is 2.29. The predicted octanol–water partition coefficient (Wildman–Crippen LogP) is 2.55. The fraction of sp³-hybridized carbons (Fsp3) is 0.333. The molecule has 1 aromatic carbocycles. The molecular formula is C15H20N4O. The third-order valence-corrected chi connectivity index (χ3v) is 3.17. The van der Waals surface area contributed by atoms with Gasteiger partial charge in [0.15, 0.2) is 0 Å². The van der Waals surface area contributed by atoms with Gasteiger partial charge in [-0.05, 0) is 17.0 Å². The maximum Gasteiger partial charge on any atom is 0.276 e. The summed E-state index contributed by atoms with van der Waals surface area (Å²) in [6, 6.07) is 7.78. The molecule has 0 spiro atoms. The van der Waals surface area contributed by atoms with Crippen molar-refractivity contribution in [2.75, 3.05) is 11.1 Å². The lowest BCUT2D eigenvalue weighted by Gasteiger charge is -2.23. The number of carbonyl (C=O) groups excluding carboxylic acids is 1. The molecule has 0 fully saturated rings. The zero-order valence-electron chi connectivity index (χ0n) is 12.3. The number of nitrogens with two attached hydrogens (primary N) is 1. The van der Waals surface area contributed by atoms with Crippen LogP contribution in [0, 0.1) is 0 Å². The second-order valence-electron chi connectivity index (χ2n) is 5.82. The van der Waals surface area contributed by atoms with Crippen molar-refractivity contribution in [2.45, 2.75) is 26.2 Å². The number of hydrogen-bond acceptors (Lipinski definition) is 3. The molecule has 5 heteroatoms. The number of carbonyl (C=O) groups is 1. The molecule has 0 radical (unpaired) electrons. The largest absolute Gasteiger partial charge is 0.396 e. The molecule has 5 nitrogen and oxygen atoms in total. The van der Waals surface area contributed by atoms with E-state index < -0.39 is 0 Å². The quantitative estimate of drug-likeness (QED) is 0.882. The van der Waals surface area contributed by atoms with Gasteiger partial charge in [0.2, 0.25) is 0 Å². The van der Waals surface area contributed by atoms with Crippen LogP contribution in [-0.2, 0) is 12.5 Å². The van der Waals surface area contributed by atoms with Crippen molar-refractivity contribution in [3.05, 3.63) is 41.7 Å². The molecule has 1 heterocycles. The average molecular weight is 272 g/mol. The lowest BCUT2D eigenvalue weighted by molar-refractivity contribution is 0.101. The normalized spacial score (nSPS) is 11.4. The van der Waals surface area contributed by atoms with Gasteiger partial charge < -0.3 is 11.1 Å². The van der Waals surface area contributed by atoms with Crippen LogP contribution in [0.2, 0.25) is 0 Å². The molecule has 0 unspecified atom stereocenters. The number of hydrogen-bond donors (Lipinski definition) is 2. The first kappa shape index (κ1) is 14.1. The fourth-order valence-corrected chi connectivity index (χ4v) is 2.16. The summed E-state index contributed by atoms with van der Waals surface area (Å²) < 4.78 is 1.48. The second-order valence-corrected chi connectivity index (χ2v) is 5.82. The van der Waals surface area contributed by atoms with Gasteiger partial charge in [0.1, 0.15) is 5.69 Å². The monoisotopic (exact) mass is 272 g/mol. The molecule has 0 aliphatic rings. The van der Waals surface area contributed by atoms with E-state index in [-0.39, 0.29) is 11.3 Å². The number of nitrogens with zero attached hydrogens (tertiary/aromatic N) is 2. The first-order valence-corrected chi connectivity index (χ1v) is 6.49. The molecule has 0 saturated carbocycles. The topological polar surface area (TPSA) is 72.9 Å². The van der Waals surface area contributed by atoms with Crippen LogP contribution >= 0.6 is 0 Å². The van der Waals surface area contributed by atoms with Crippen LogP contribution in [0.1, 0.15) is 36.8 Å². The highest BCUT2D eigenvalue weighted by atomic mass is 16.2. The zero-order valence-corrected chi connectivity index (χ0v) is 12.3. The van der Waals surface area contributed by atoms with Gasteiger partial charge in [0.05, 0.1) is 11.9 Å². The van der Waals surface area contributed by atoms with E-state index in [1.54, 1.807) is 7.05 Å². The third kappa shape index (κ3) is 2.66. The minimum absolute atomic E-state index is 0.0537. The van der Waals surface area contributed by atoms with Gasteiger partial charge >= 0.3 is 0 Å². The third-order valence-electron chi connectivity index (χ3n) is 3.17. The Hall–Kier alpha value is -2.30. The molecule has 0 bridgehead atoms. The maximum atomic E-state index is 12.3. The Bertz CT molecular complexity index is 618. The van der Waals surface area contributed by atoms with Gasteiger partial charge in [-0.15, -0.1) is 0 Å². The SMILES string of the molecule is Cn1ncc(N)c1C(=O)Nc1ccccc1C(C)(C)C. The van der Waals surface area contributed by atoms with E-state index in [2.05, 4.69) is 31.2 Å². The predicted molar refractivity (Wildman–Crippen MR) is 80.7 cm³/mol. The van der Waals surface area contributed by atoms with E-state index in [4.69, 9.17) is 5.73 Å². The van der Waals surface area contributed by atoms with Gasteiger partial charge in [-0.1, -0.05) is 39.0 Å². The Balaban J connectivity index is 2.34. The van der Waals surface area contributed by atoms with Gasteiger partial charge in [0.25, 0.3) is 5.91 Å². The summed E-state index contributed by atoms with van der Waals surface area (Å²) in [5.74, 6) is -0.251. The van der Waals surface area contributed by atoms with E-state index in [0.717, 1.165) is 11.3 Å². The van der Waals surface area contributed by atoms with Crippen LogP contribution in [0.5, 0.6) is 0 Å². The molecule has 2 aromatic rings. The minimum Gasteiger partial charge on any atom is -0.396 e. The Kier molecular flexibility index (Phi) is 3.53. The van der Waals surface area contributed by atoms with Crippen LogP contribution in [0.4, 0.5) is 11.4 Å². The van der Waals surface area contributed by atoms with Crippen LogP contribution in [-0.4, -0.2) is 15.7 Å². The van der Waals surface area contributed by atoms with E-state index >= 15 is 0 Å². The van der Waals surface area contributed by atoms with Crippen molar-refractivity contribution in [3.63, 3.8) is 0 Å². The van der Waals surface area contributed by atoms with Crippen LogP contribution in [0.25, 0.3) is 0 Å². The molecule has 0 aliphatic carbocycles. The molecule has 20 heavy (non-hydrogen) atoms. The summed E-state index contributed by atoms with van der Waals surface area (Å²) >= 11 is 0. The van der Waals surface area contributed by atoms with Crippen molar-refractivity contribution in [3.8, 4) is 0 Å². The number of rotatable bonds is 2. The maximum absolute atomic E-state index is 12.3. The number of amides is 1. The number of nitrogens with one attached hydrogen (secondary N) is 1. The Morgan fingerprint density at radius 3 is 2.50 bits per heavy atom. The molecule has 1 aromatic heterocycles. The lowest BCUT2D eigenvalue weighted by atomic mass is 9.86. The summed E-state index contributed by atoms with van der Waals surface area (Å²) in [7, 11) is 1.70. The lowest BCUT2D eigenvalue weighted by Crippen LogP contribution is -2.21. The fourth-order valence-electron chi connectivity index (χ4n) is 2.16. The average Bonchev–Trinajstić information content (AvgIpc) is 2.68. The van der Waals surface area contributed by atoms with Crippen molar-refractivity contribution in [1.29, 1.82) is 0 Å². The summed E-state index contributed by atoms with van der Waals surface area (Å²) in [5.41, 5.74) is 8.34. The standard InChI is InChI=1S/C15H20N4O/c1-15(2,3)10-7-5-6-8-12(10)18-14(20)13-11(16)9-17-19(13)4/h5-9H,16H2,1-4H3,(H,18,20). The number of para-hydroxylation sites is 1. The molecule has 106 valence electrons. The van der Waals surface area contributed by atoms with Crippen molar-refractivity contribution in [1.82, 2.24) is 9.78 Å². The van der Waals surface area contributed by atoms with Crippen molar-refractivity contribution < 1.29 is 4.79 Å². The second kappa shape index (κ2) is 5.00. The van der Waals surface area contributed by atoms with Gasteiger partial charge in [0, 0.05) is 12.7 Å². The summed E-state index contributed by atoms with van der Waals surface area (Å²) in [5, 5.41) is 6.90. The smallest absolute Gasteiger partial charge is 0.276 e. The van der Waals surface area contributed by atoms with Gasteiger partial charge in [-0.2, -0.15) is 5.10 Å². The van der Waals surface area contributed by atoms with Crippen LogP contribution in [0.15, 0.2) is 30.5 Å². The van der Waals surface area contributed by atoms with Crippen LogP contribution < -0.4 is 11.1 Å². The van der Waals surface area contributed by atoms with E-state index in [9.17, 15) is 4.79 Å².